The van der Waals surface area contributed by atoms with Gasteiger partial charge in [0.05, 0.1) is 18.1 Å². The number of benzene rings is 1. The van der Waals surface area contributed by atoms with Gasteiger partial charge in [0, 0.05) is 18.7 Å². The van der Waals surface area contributed by atoms with E-state index in [4.69, 9.17) is 9.47 Å². The number of rotatable bonds is 6. The highest BCUT2D eigenvalue weighted by atomic mass is 32.2. The van der Waals surface area contributed by atoms with Crippen molar-refractivity contribution < 1.29 is 23.9 Å². The average molecular weight is 376 g/mol. The summed E-state index contributed by atoms with van der Waals surface area (Å²) < 4.78 is 10.7. The number of imide groups is 1. The Bertz CT molecular complexity index is 743. The van der Waals surface area contributed by atoms with Crippen molar-refractivity contribution in [1.29, 1.82) is 0 Å². The van der Waals surface area contributed by atoms with Crippen LogP contribution in [0.3, 0.4) is 0 Å². The predicted molar refractivity (Wildman–Crippen MR) is 97.7 cm³/mol. The number of carbonyl (C=O) groups excluding carboxylic acids is 3. The Kier molecular flexibility index (Phi) is 5.95. The van der Waals surface area contributed by atoms with Crippen LogP contribution in [0.2, 0.25) is 0 Å². The van der Waals surface area contributed by atoms with E-state index in [1.54, 1.807) is 18.2 Å². The average Bonchev–Trinajstić information content (AvgIpc) is 3.25. The molecule has 0 aromatic heterocycles. The van der Waals surface area contributed by atoms with E-state index in [1.165, 1.54) is 7.11 Å². The van der Waals surface area contributed by atoms with Crippen LogP contribution in [0, 0.1) is 0 Å². The molecular weight excluding hydrogens is 356 g/mol. The summed E-state index contributed by atoms with van der Waals surface area (Å²) in [5.74, 6) is -0.242. The molecule has 0 radical (unpaired) electrons. The zero-order valence-electron chi connectivity index (χ0n) is 14.4. The molecule has 2 fully saturated rings. The summed E-state index contributed by atoms with van der Waals surface area (Å²) in [5.41, 5.74) is 0.698. The second kappa shape index (κ2) is 8.37. The standard InChI is InChI=1S/C18H20N2O5S/c1-24-14-7-3-2-5-12(14)9-15-17(22)20(18(23)26-15)11-16(21)19-10-13-6-4-8-25-13/h2-3,5,7,9,13H,4,6,8,10-11H2,1H3,(H,19,21)/b15-9-/t13-/m1/s1. The monoisotopic (exact) mass is 376 g/mol. The second-order valence-electron chi connectivity index (χ2n) is 5.95. The number of hydrogen-bond donors (Lipinski definition) is 1. The molecule has 2 aliphatic rings. The van der Waals surface area contributed by atoms with Crippen LogP contribution < -0.4 is 10.1 Å². The molecule has 8 heteroatoms. The smallest absolute Gasteiger partial charge is 0.294 e. The molecule has 1 aromatic rings. The predicted octanol–water partition coefficient (Wildman–Crippen LogP) is 2.03. The third-order valence-electron chi connectivity index (χ3n) is 4.15. The van der Waals surface area contributed by atoms with Gasteiger partial charge in [-0.15, -0.1) is 0 Å². The molecule has 3 amide bonds. The molecule has 7 nitrogen and oxygen atoms in total. The number of para-hydroxylation sites is 1. The summed E-state index contributed by atoms with van der Waals surface area (Å²) in [6, 6.07) is 7.20. The number of methoxy groups -OCH3 is 1. The lowest BCUT2D eigenvalue weighted by Crippen LogP contribution is -2.41. The number of ether oxygens (including phenoxy) is 2. The van der Waals surface area contributed by atoms with E-state index in [-0.39, 0.29) is 23.5 Å². The van der Waals surface area contributed by atoms with Crippen molar-refractivity contribution in [3.8, 4) is 5.75 Å². The molecule has 1 atom stereocenters. The molecule has 0 aliphatic carbocycles. The molecule has 138 valence electrons. The second-order valence-corrected chi connectivity index (χ2v) is 6.94. The number of hydrogen-bond acceptors (Lipinski definition) is 6. The highest BCUT2D eigenvalue weighted by molar-refractivity contribution is 8.18. The maximum atomic E-state index is 12.5. The van der Waals surface area contributed by atoms with Gasteiger partial charge in [-0.25, -0.2) is 0 Å². The molecule has 2 aliphatic heterocycles. The Morgan fingerprint density at radius 2 is 2.23 bits per heavy atom. The van der Waals surface area contributed by atoms with Gasteiger partial charge >= 0.3 is 0 Å². The zero-order chi connectivity index (χ0) is 18.5. The Morgan fingerprint density at radius 3 is 2.96 bits per heavy atom. The summed E-state index contributed by atoms with van der Waals surface area (Å²) in [5, 5.41) is 2.26. The third-order valence-corrected chi connectivity index (χ3v) is 5.06. The van der Waals surface area contributed by atoms with Gasteiger partial charge in [0.2, 0.25) is 5.91 Å². The molecule has 2 heterocycles. The van der Waals surface area contributed by atoms with Crippen LogP contribution in [-0.2, 0) is 14.3 Å². The zero-order valence-corrected chi connectivity index (χ0v) is 15.2. The van der Waals surface area contributed by atoms with Gasteiger partial charge in [0.1, 0.15) is 12.3 Å². The minimum Gasteiger partial charge on any atom is -0.496 e. The van der Waals surface area contributed by atoms with Crippen LogP contribution in [0.1, 0.15) is 18.4 Å². The molecular formula is C18H20N2O5S. The van der Waals surface area contributed by atoms with Crippen LogP contribution in [0.5, 0.6) is 5.75 Å². The van der Waals surface area contributed by atoms with Crippen molar-refractivity contribution in [2.45, 2.75) is 18.9 Å². The lowest BCUT2D eigenvalue weighted by Gasteiger charge is -2.14. The Hall–Kier alpha value is -2.32. The molecule has 0 spiro atoms. The lowest BCUT2D eigenvalue weighted by atomic mass is 10.2. The molecule has 1 N–H and O–H groups in total. The normalized spacial score (nSPS) is 21.5. The van der Waals surface area contributed by atoms with E-state index in [0.717, 1.165) is 29.5 Å². The number of nitrogens with one attached hydrogen (secondary N) is 1. The first-order valence-electron chi connectivity index (χ1n) is 8.35. The first-order chi connectivity index (χ1) is 12.6. The first-order valence-corrected chi connectivity index (χ1v) is 9.17. The summed E-state index contributed by atoms with van der Waals surface area (Å²) in [6.07, 6.45) is 3.51. The van der Waals surface area contributed by atoms with Gasteiger partial charge in [-0.05, 0) is 36.7 Å². The summed E-state index contributed by atoms with van der Waals surface area (Å²) >= 11 is 0.819. The maximum Gasteiger partial charge on any atom is 0.294 e. The molecule has 0 unspecified atom stereocenters. The highest BCUT2D eigenvalue weighted by Gasteiger charge is 2.36. The number of thioether (sulfide) groups is 1. The highest BCUT2D eigenvalue weighted by Crippen LogP contribution is 2.33. The van der Waals surface area contributed by atoms with E-state index in [0.29, 0.717) is 24.5 Å². The molecule has 0 bridgehead atoms. The number of carbonyl (C=O) groups is 3. The van der Waals surface area contributed by atoms with E-state index >= 15 is 0 Å². The van der Waals surface area contributed by atoms with Gasteiger partial charge in [-0.1, -0.05) is 18.2 Å². The van der Waals surface area contributed by atoms with Crippen molar-refractivity contribution in [2.75, 3.05) is 26.8 Å². The number of amides is 3. The molecule has 2 saturated heterocycles. The van der Waals surface area contributed by atoms with Gasteiger partial charge < -0.3 is 14.8 Å². The summed E-state index contributed by atoms with van der Waals surface area (Å²) in [4.78, 5) is 37.9. The minimum absolute atomic E-state index is 0.0132. The van der Waals surface area contributed by atoms with Crippen molar-refractivity contribution in [3.63, 3.8) is 0 Å². The Morgan fingerprint density at radius 1 is 1.42 bits per heavy atom. The van der Waals surface area contributed by atoms with E-state index in [2.05, 4.69) is 5.32 Å². The third kappa shape index (κ3) is 4.25. The lowest BCUT2D eigenvalue weighted by molar-refractivity contribution is -0.129. The van der Waals surface area contributed by atoms with Crippen LogP contribution >= 0.6 is 11.8 Å². The fourth-order valence-electron chi connectivity index (χ4n) is 2.80. The SMILES string of the molecule is COc1ccccc1/C=C1\SC(=O)N(CC(=O)NC[C@H]2CCCO2)C1=O. The minimum atomic E-state index is -0.474. The fourth-order valence-corrected chi connectivity index (χ4v) is 3.62. The summed E-state index contributed by atoms with van der Waals surface area (Å²) in [7, 11) is 1.54. The van der Waals surface area contributed by atoms with E-state index in [1.807, 2.05) is 12.1 Å². The van der Waals surface area contributed by atoms with Gasteiger partial charge in [-0.3, -0.25) is 19.3 Å². The molecule has 26 heavy (non-hydrogen) atoms. The summed E-state index contributed by atoms with van der Waals surface area (Å²) in [6.45, 7) is 0.810. The topological polar surface area (TPSA) is 84.9 Å². The van der Waals surface area contributed by atoms with Crippen molar-refractivity contribution in [1.82, 2.24) is 10.2 Å². The van der Waals surface area contributed by atoms with Crippen molar-refractivity contribution in [2.24, 2.45) is 0 Å². The van der Waals surface area contributed by atoms with Gasteiger partial charge in [0.15, 0.2) is 0 Å². The van der Waals surface area contributed by atoms with Gasteiger partial charge in [0.25, 0.3) is 11.1 Å². The van der Waals surface area contributed by atoms with Crippen LogP contribution in [0.15, 0.2) is 29.2 Å². The Balaban J connectivity index is 1.63. The fraction of sp³-hybridized carbons (Fsp3) is 0.389. The Labute approximate surface area is 155 Å². The van der Waals surface area contributed by atoms with Crippen molar-refractivity contribution >= 4 is 34.9 Å². The maximum absolute atomic E-state index is 12.5. The van der Waals surface area contributed by atoms with Crippen LogP contribution in [-0.4, -0.2) is 54.9 Å². The van der Waals surface area contributed by atoms with E-state index < -0.39 is 11.1 Å². The van der Waals surface area contributed by atoms with Gasteiger partial charge in [-0.2, -0.15) is 0 Å². The number of nitrogens with zero attached hydrogens (tertiary/aromatic N) is 1. The molecule has 1 aromatic carbocycles. The molecule has 3 rings (SSSR count). The quantitative estimate of drug-likeness (QED) is 0.765. The molecule has 0 saturated carbocycles. The largest absolute Gasteiger partial charge is 0.496 e. The van der Waals surface area contributed by atoms with Crippen LogP contribution in [0.25, 0.3) is 6.08 Å². The van der Waals surface area contributed by atoms with Crippen LogP contribution in [0.4, 0.5) is 4.79 Å². The first kappa shape index (κ1) is 18.5. The van der Waals surface area contributed by atoms with E-state index in [9.17, 15) is 14.4 Å². The van der Waals surface area contributed by atoms with Crippen molar-refractivity contribution in [3.05, 3.63) is 34.7 Å².